The molecule has 0 amide bonds. The van der Waals surface area contributed by atoms with Crippen LogP contribution in [0.2, 0.25) is 0 Å². The number of benzene rings is 3. The Labute approximate surface area is 166 Å². The summed E-state index contributed by atoms with van der Waals surface area (Å²) in [4.78, 5) is 11.4. The average molecular weight is 376 g/mol. The Morgan fingerprint density at radius 1 is 0.786 bits per heavy atom. The normalized spacial score (nSPS) is 12.7. The van der Waals surface area contributed by atoms with Gasteiger partial charge in [-0.1, -0.05) is 66.7 Å². The lowest BCUT2D eigenvalue weighted by Gasteiger charge is -2.10. The van der Waals surface area contributed by atoms with Crippen LogP contribution >= 0.6 is 11.3 Å². The predicted molar refractivity (Wildman–Crippen MR) is 119 cm³/mol. The summed E-state index contributed by atoms with van der Waals surface area (Å²) in [5, 5.41) is 2.39. The highest BCUT2D eigenvalue weighted by atomic mass is 32.1. The number of hydrogen-bond acceptors (Lipinski definition) is 3. The van der Waals surface area contributed by atoms with Gasteiger partial charge in [-0.15, -0.1) is 11.3 Å². The first-order valence-electron chi connectivity index (χ1n) is 9.42. The summed E-state index contributed by atoms with van der Waals surface area (Å²) < 4.78 is 1.31. The molecule has 0 unspecified atom stereocenters. The fourth-order valence-corrected chi connectivity index (χ4v) is 5.24. The van der Waals surface area contributed by atoms with Crippen LogP contribution in [0.4, 0.5) is 0 Å². The van der Waals surface area contributed by atoms with Crippen molar-refractivity contribution in [1.82, 2.24) is 9.97 Å². The van der Waals surface area contributed by atoms with Crippen LogP contribution in [0.25, 0.3) is 49.7 Å². The van der Waals surface area contributed by atoms with Gasteiger partial charge in [-0.2, -0.15) is 0 Å². The molecule has 1 aliphatic rings. The largest absolute Gasteiger partial charge is 0.228 e. The maximum absolute atomic E-state index is 5.07. The molecule has 0 atom stereocenters. The van der Waals surface area contributed by atoms with E-state index in [4.69, 9.17) is 9.97 Å². The third-order valence-corrected chi connectivity index (χ3v) is 6.49. The molecule has 0 saturated carbocycles. The molecule has 5 aromatic rings. The van der Waals surface area contributed by atoms with E-state index in [-0.39, 0.29) is 0 Å². The predicted octanol–water partition coefficient (Wildman–Crippen LogP) is 6.75. The van der Waals surface area contributed by atoms with E-state index in [1.807, 2.05) is 23.5 Å². The molecule has 132 valence electrons. The van der Waals surface area contributed by atoms with E-state index in [0.717, 1.165) is 40.0 Å². The molecular formula is C25H16N2S. The smallest absolute Gasteiger partial charge is 0.161 e. The first-order valence-corrected chi connectivity index (χ1v) is 10.2. The summed E-state index contributed by atoms with van der Waals surface area (Å²) in [7, 11) is 0. The molecule has 0 bridgehead atoms. The third kappa shape index (κ3) is 2.33. The second-order valence-electron chi connectivity index (χ2n) is 7.01. The lowest BCUT2D eigenvalue weighted by atomic mass is 10.0. The van der Waals surface area contributed by atoms with Crippen molar-refractivity contribution in [3.8, 4) is 22.6 Å². The van der Waals surface area contributed by atoms with Crippen molar-refractivity contribution in [2.75, 3.05) is 0 Å². The van der Waals surface area contributed by atoms with E-state index in [1.165, 1.54) is 20.5 Å². The van der Waals surface area contributed by atoms with Crippen LogP contribution in [0.3, 0.4) is 0 Å². The zero-order chi connectivity index (χ0) is 18.5. The Morgan fingerprint density at radius 3 is 2.57 bits per heavy atom. The minimum Gasteiger partial charge on any atom is -0.228 e. The lowest BCUT2D eigenvalue weighted by molar-refractivity contribution is 1.23. The van der Waals surface area contributed by atoms with Gasteiger partial charge in [0, 0.05) is 31.5 Å². The second-order valence-corrected chi connectivity index (χ2v) is 8.09. The molecule has 0 radical (unpaired) electrons. The molecule has 6 rings (SSSR count). The molecule has 0 saturated heterocycles. The van der Waals surface area contributed by atoms with Gasteiger partial charge in [0.15, 0.2) is 5.82 Å². The Kier molecular flexibility index (Phi) is 3.43. The minimum atomic E-state index is 0.802. The van der Waals surface area contributed by atoms with E-state index in [2.05, 4.69) is 72.8 Å². The number of fused-ring (bicyclic) bond motifs is 4. The molecule has 0 aliphatic heterocycles. The number of nitrogens with zero attached hydrogens (tertiary/aromatic N) is 2. The number of aromatic nitrogens is 2. The summed E-state index contributed by atoms with van der Waals surface area (Å²) >= 11 is 1.86. The summed E-state index contributed by atoms with van der Waals surface area (Å²) in [6.45, 7) is 0. The zero-order valence-electron chi connectivity index (χ0n) is 15.1. The monoisotopic (exact) mass is 376 g/mol. The summed E-state index contributed by atoms with van der Waals surface area (Å²) in [5.41, 5.74) is 5.62. The van der Waals surface area contributed by atoms with Gasteiger partial charge in [-0.3, -0.25) is 0 Å². The third-order valence-electron chi connectivity index (χ3n) is 5.33. The molecule has 3 aromatic carbocycles. The fraction of sp³-hybridized carbons (Fsp3) is 0.0400. The second kappa shape index (κ2) is 6.11. The van der Waals surface area contributed by atoms with Gasteiger partial charge in [0.25, 0.3) is 0 Å². The van der Waals surface area contributed by atoms with Gasteiger partial charge in [-0.05, 0) is 30.2 Å². The molecule has 2 heterocycles. The van der Waals surface area contributed by atoms with Crippen LogP contribution in [0.15, 0.2) is 78.9 Å². The van der Waals surface area contributed by atoms with Gasteiger partial charge >= 0.3 is 0 Å². The Morgan fingerprint density at radius 2 is 1.64 bits per heavy atom. The van der Waals surface area contributed by atoms with Crippen LogP contribution < -0.4 is 0 Å². The highest BCUT2D eigenvalue weighted by Crippen LogP contribution is 2.41. The van der Waals surface area contributed by atoms with Crippen LogP contribution in [-0.2, 0) is 6.42 Å². The van der Waals surface area contributed by atoms with Gasteiger partial charge in [0.1, 0.15) is 0 Å². The van der Waals surface area contributed by atoms with Gasteiger partial charge in [0.2, 0.25) is 0 Å². The van der Waals surface area contributed by atoms with Crippen molar-refractivity contribution in [2.24, 2.45) is 0 Å². The molecule has 0 spiro atoms. The average Bonchev–Trinajstić information content (AvgIpc) is 3.34. The van der Waals surface area contributed by atoms with E-state index in [9.17, 15) is 0 Å². The van der Waals surface area contributed by atoms with Gasteiger partial charge < -0.3 is 0 Å². The summed E-state index contributed by atoms with van der Waals surface area (Å²) in [5.74, 6) is 0.802. The van der Waals surface area contributed by atoms with E-state index in [0.29, 0.717) is 0 Å². The van der Waals surface area contributed by atoms with Crippen molar-refractivity contribution in [2.45, 2.75) is 6.42 Å². The number of para-hydroxylation sites is 1. The van der Waals surface area contributed by atoms with Crippen LogP contribution in [-0.4, -0.2) is 9.97 Å². The molecule has 28 heavy (non-hydrogen) atoms. The first kappa shape index (κ1) is 15.7. The van der Waals surface area contributed by atoms with Crippen molar-refractivity contribution >= 4 is 38.4 Å². The standard InChI is InChI=1S/C25H16N2S/c1-2-8-16(9-3-1)24-17-10-4-5-13-20(17)26-25(27-24)19-12-7-15-22-23(19)18-11-6-14-21(18)28-22/h1-10,12-15H,11H2. The maximum atomic E-state index is 5.07. The Balaban J connectivity index is 1.68. The molecule has 0 fully saturated rings. The van der Waals surface area contributed by atoms with Gasteiger partial charge in [-0.25, -0.2) is 9.97 Å². The number of rotatable bonds is 2. The van der Waals surface area contributed by atoms with Gasteiger partial charge in [0.05, 0.1) is 11.2 Å². The SMILES string of the molecule is C1=Cc2sc3cccc(-c4nc(-c5ccccc5)c5ccccc5n4)c3c2C1. The van der Waals surface area contributed by atoms with E-state index < -0.39 is 0 Å². The molecule has 2 aromatic heterocycles. The molecule has 0 N–H and O–H groups in total. The van der Waals surface area contributed by atoms with Crippen molar-refractivity contribution in [3.05, 3.63) is 89.3 Å². The quantitative estimate of drug-likeness (QED) is 0.341. The van der Waals surface area contributed by atoms with Crippen LogP contribution in [0.5, 0.6) is 0 Å². The van der Waals surface area contributed by atoms with E-state index in [1.54, 1.807) is 0 Å². The Hall–Kier alpha value is -3.30. The summed E-state index contributed by atoms with van der Waals surface area (Å²) in [6, 6.07) is 25.1. The van der Waals surface area contributed by atoms with E-state index >= 15 is 0 Å². The van der Waals surface area contributed by atoms with Crippen LogP contribution in [0, 0.1) is 0 Å². The molecular weight excluding hydrogens is 360 g/mol. The molecule has 2 nitrogen and oxygen atoms in total. The highest BCUT2D eigenvalue weighted by Gasteiger charge is 2.19. The van der Waals surface area contributed by atoms with Crippen LogP contribution in [0.1, 0.15) is 10.4 Å². The first-order chi connectivity index (χ1) is 13.9. The topological polar surface area (TPSA) is 25.8 Å². The number of allylic oxidation sites excluding steroid dienone is 1. The molecule has 1 aliphatic carbocycles. The minimum absolute atomic E-state index is 0.802. The van der Waals surface area contributed by atoms with Crippen molar-refractivity contribution in [3.63, 3.8) is 0 Å². The molecule has 3 heteroatoms. The fourth-order valence-electron chi connectivity index (χ4n) is 4.05. The number of thiophene rings is 1. The lowest BCUT2D eigenvalue weighted by Crippen LogP contribution is -1.96. The number of hydrogen-bond donors (Lipinski definition) is 0. The Bertz CT molecular complexity index is 1380. The van der Waals surface area contributed by atoms with Crippen molar-refractivity contribution in [1.29, 1.82) is 0 Å². The highest BCUT2D eigenvalue weighted by molar-refractivity contribution is 7.20. The van der Waals surface area contributed by atoms with Crippen molar-refractivity contribution < 1.29 is 0 Å². The summed E-state index contributed by atoms with van der Waals surface area (Å²) in [6.07, 6.45) is 5.47. The maximum Gasteiger partial charge on any atom is 0.161 e. The zero-order valence-corrected chi connectivity index (χ0v) is 15.9.